The Labute approximate surface area is 215 Å². The Kier molecular flexibility index (Phi) is 7.31. The summed E-state index contributed by atoms with van der Waals surface area (Å²) in [5.41, 5.74) is 2.93. The van der Waals surface area contributed by atoms with Gasteiger partial charge in [0.25, 0.3) is 5.56 Å². The minimum absolute atomic E-state index is 0.0655. The van der Waals surface area contributed by atoms with E-state index in [9.17, 15) is 14.4 Å². The Hall–Kier alpha value is -2.56. The van der Waals surface area contributed by atoms with Gasteiger partial charge in [0, 0.05) is 17.1 Å². The molecule has 0 spiro atoms. The van der Waals surface area contributed by atoms with E-state index in [0.29, 0.717) is 20.6 Å². The Balaban J connectivity index is 1.39. The summed E-state index contributed by atoms with van der Waals surface area (Å²) in [5.74, 6) is 0.268. The molecule has 1 aliphatic heterocycles. The molecule has 182 valence electrons. The molecule has 0 fully saturated rings. The lowest BCUT2D eigenvalue weighted by molar-refractivity contribution is -0.113. The van der Waals surface area contributed by atoms with Gasteiger partial charge in [0.2, 0.25) is 5.91 Å². The van der Waals surface area contributed by atoms with E-state index < -0.39 is 0 Å². The van der Waals surface area contributed by atoms with E-state index in [2.05, 4.69) is 5.32 Å². The van der Waals surface area contributed by atoms with Gasteiger partial charge in [0.1, 0.15) is 5.00 Å². The molecule has 3 heterocycles. The molecule has 1 amide bonds. The number of carbonyl (C=O) groups is 2. The van der Waals surface area contributed by atoms with Crippen molar-refractivity contribution < 1.29 is 14.3 Å². The number of hydrogen-bond donors (Lipinski definition) is 1. The van der Waals surface area contributed by atoms with Gasteiger partial charge in [-0.15, -0.1) is 23.1 Å². The number of carbonyl (C=O) groups excluding carboxylic acids is 2. The molecule has 1 N–H and O–H groups in total. The highest BCUT2D eigenvalue weighted by molar-refractivity contribution is 8.00. The first-order valence-corrected chi connectivity index (χ1v) is 14.4. The van der Waals surface area contributed by atoms with Crippen molar-refractivity contribution in [2.24, 2.45) is 0 Å². The lowest BCUT2D eigenvalue weighted by atomic mass is 9.95. The fourth-order valence-corrected chi connectivity index (χ4v) is 7.51. The molecule has 1 aliphatic carbocycles. The molecule has 5 rings (SSSR count). The molecule has 0 bridgehead atoms. The van der Waals surface area contributed by atoms with E-state index in [4.69, 9.17) is 9.72 Å². The number of esters is 1. The zero-order valence-electron chi connectivity index (χ0n) is 19.3. The number of thioether (sulfide) groups is 2. The predicted molar refractivity (Wildman–Crippen MR) is 141 cm³/mol. The summed E-state index contributed by atoms with van der Waals surface area (Å²) < 4.78 is 6.87. The zero-order chi connectivity index (χ0) is 24.4. The summed E-state index contributed by atoms with van der Waals surface area (Å²) in [6, 6.07) is 9.37. The third kappa shape index (κ3) is 4.92. The number of para-hydroxylation sites is 1. The lowest BCUT2D eigenvalue weighted by Crippen LogP contribution is -2.24. The van der Waals surface area contributed by atoms with Crippen molar-refractivity contribution in [3.63, 3.8) is 0 Å². The van der Waals surface area contributed by atoms with Gasteiger partial charge in [-0.05, 0) is 50.3 Å². The minimum Gasteiger partial charge on any atom is -0.462 e. The van der Waals surface area contributed by atoms with Crippen LogP contribution in [-0.4, -0.2) is 39.5 Å². The number of hydrogen-bond acceptors (Lipinski definition) is 8. The van der Waals surface area contributed by atoms with E-state index in [1.165, 1.54) is 34.9 Å². The molecule has 0 unspecified atom stereocenters. The van der Waals surface area contributed by atoms with Crippen molar-refractivity contribution in [3.05, 3.63) is 62.4 Å². The minimum atomic E-state index is -0.384. The monoisotopic (exact) mass is 527 g/mol. The second-order valence-electron chi connectivity index (χ2n) is 8.22. The maximum absolute atomic E-state index is 13.2. The number of anilines is 1. The highest BCUT2D eigenvalue weighted by Gasteiger charge is 2.28. The number of ether oxygens (including phenoxy) is 1. The summed E-state index contributed by atoms with van der Waals surface area (Å²) in [6.45, 7) is 2.06. The van der Waals surface area contributed by atoms with Gasteiger partial charge in [-0.2, -0.15) is 0 Å². The van der Waals surface area contributed by atoms with E-state index in [1.54, 1.807) is 11.5 Å². The van der Waals surface area contributed by atoms with Crippen LogP contribution in [0.5, 0.6) is 0 Å². The summed E-state index contributed by atoms with van der Waals surface area (Å²) in [7, 11) is 0. The number of amides is 1. The molecule has 0 radical (unpaired) electrons. The number of rotatable bonds is 7. The maximum Gasteiger partial charge on any atom is 0.341 e. The number of thiophene rings is 1. The van der Waals surface area contributed by atoms with Crippen LogP contribution in [0, 0.1) is 0 Å². The second kappa shape index (κ2) is 10.6. The van der Waals surface area contributed by atoms with E-state index in [-0.39, 0.29) is 29.8 Å². The van der Waals surface area contributed by atoms with Crippen LogP contribution in [-0.2, 0) is 28.8 Å². The molecule has 0 atom stereocenters. The molecule has 1 aromatic carbocycles. The quantitative estimate of drug-likeness (QED) is 0.270. The first-order chi connectivity index (χ1) is 17.1. The lowest BCUT2D eigenvalue weighted by Gasteiger charge is -2.14. The van der Waals surface area contributed by atoms with Crippen molar-refractivity contribution in [2.75, 3.05) is 23.4 Å². The van der Waals surface area contributed by atoms with Gasteiger partial charge in [-0.1, -0.05) is 30.0 Å². The number of nitrogens with one attached hydrogen (secondary N) is 1. The smallest absolute Gasteiger partial charge is 0.341 e. The average Bonchev–Trinajstić information content (AvgIpc) is 3.48. The van der Waals surface area contributed by atoms with Crippen molar-refractivity contribution in [1.29, 1.82) is 0 Å². The molecule has 2 aromatic heterocycles. The first-order valence-electron chi connectivity index (χ1n) is 11.6. The molecule has 35 heavy (non-hydrogen) atoms. The summed E-state index contributed by atoms with van der Waals surface area (Å²) in [4.78, 5) is 45.5. The van der Waals surface area contributed by atoms with E-state index in [0.717, 1.165) is 59.7 Å². The molecule has 3 aromatic rings. The summed E-state index contributed by atoms with van der Waals surface area (Å²) in [6.07, 6.45) is 4.59. The molecular formula is C25H25N3O4S3. The van der Waals surface area contributed by atoms with Gasteiger partial charge in [0.15, 0.2) is 5.16 Å². The number of fused-ring (bicyclic) bond motifs is 2. The van der Waals surface area contributed by atoms with Crippen LogP contribution >= 0.6 is 34.9 Å². The fraction of sp³-hybridized carbons (Fsp3) is 0.360. The van der Waals surface area contributed by atoms with Gasteiger partial charge < -0.3 is 10.1 Å². The number of nitrogens with zero attached hydrogens (tertiary/aromatic N) is 2. The molecule has 10 heteroatoms. The third-order valence-electron chi connectivity index (χ3n) is 5.92. The van der Waals surface area contributed by atoms with Crippen LogP contribution in [0.2, 0.25) is 0 Å². The van der Waals surface area contributed by atoms with E-state index >= 15 is 0 Å². The zero-order valence-corrected chi connectivity index (χ0v) is 21.7. The number of aromatic nitrogens is 2. The number of benzene rings is 1. The van der Waals surface area contributed by atoms with Crippen LogP contribution < -0.4 is 10.9 Å². The van der Waals surface area contributed by atoms with Gasteiger partial charge in [-0.25, -0.2) is 9.78 Å². The standard InChI is InChI=1S/C25H25N3O4S3/c1-2-32-24(31)20-16-10-6-7-11-18(16)35-22(20)27-19(29)14-34-25-26-17-12-13-33-21(17)23(30)28(25)15-8-4-3-5-9-15/h3-5,8-9H,2,6-7,10-14H2,1H3,(H,27,29). The van der Waals surface area contributed by atoms with Gasteiger partial charge in [0.05, 0.1) is 34.2 Å². The topological polar surface area (TPSA) is 90.3 Å². The summed E-state index contributed by atoms with van der Waals surface area (Å²) in [5, 5.41) is 3.99. The Morgan fingerprint density at radius 3 is 2.77 bits per heavy atom. The van der Waals surface area contributed by atoms with Crippen LogP contribution in [0.3, 0.4) is 0 Å². The predicted octanol–water partition coefficient (Wildman–Crippen LogP) is 4.73. The van der Waals surface area contributed by atoms with Crippen molar-refractivity contribution in [2.45, 2.75) is 49.1 Å². The maximum atomic E-state index is 13.2. The molecule has 7 nitrogen and oxygen atoms in total. The van der Waals surface area contributed by atoms with Crippen LogP contribution in [0.15, 0.2) is 45.2 Å². The molecule has 2 aliphatic rings. The Morgan fingerprint density at radius 2 is 1.97 bits per heavy atom. The van der Waals surface area contributed by atoms with Crippen molar-refractivity contribution in [3.8, 4) is 5.69 Å². The van der Waals surface area contributed by atoms with Crippen LogP contribution in [0.4, 0.5) is 5.00 Å². The molecule has 0 saturated carbocycles. The van der Waals surface area contributed by atoms with E-state index in [1.807, 2.05) is 30.3 Å². The average molecular weight is 528 g/mol. The normalized spacial score (nSPS) is 14.3. The molecule has 0 saturated heterocycles. The largest absolute Gasteiger partial charge is 0.462 e. The first kappa shape index (κ1) is 24.1. The second-order valence-corrected chi connectivity index (χ2v) is 11.4. The molecular weight excluding hydrogens is 502 g/mol. The summed E-state index contributed by atoms with van der Waals surface area (Å²) >= 11 is 4.23. The van der Waals surface area contributed by atoms with Crippen LogP contribution in [0.25, 0.3) is 5.69 Å². The highest BCUT2D eigenvalue weighted by Crippen LogP contribution is 2.39. The fourth-order valence-electron chi connectivity index (χ4n) is 4.36. The van der Waals surface area contributed by atoms with Crippen LogP contribution in [0.1, 0.15) is 46.3 Å². The SMILES string of the molecule is CCOC(=O)c1c(NC(=O)CSc2nc3c(c(=O)n2-c2ccccc2)SCC3)sc2c1CCCC2. The number of aryl methyl sites for hydroxylation is 2. The Morgan fingerprint density at radius 1 is 1.17 bits per heavy atom. The van der Waals surface area contributed by atoms with Gasteiger partial charge >= 0.3 is 5.97 Å². The van der Waals surface area contributed by atoms with Gasteiger partial charge in [-0.3, -0.25) is 14.2 Å². The third-order valence-corrected chi connectivity index (χ3v) is 9.17. The highest BCUT2D eigenvalue weighted by atomic mass is 32.2. The van der Waals surface area contributed by atoms with Crippen molar-refractivity contribution in [1.82, 2.24) is 9.55 Å². The Bertz CT molecular complexity index is 1330. The van der Waals surface area contributed by atoms with Crippen molar-refractivity contribution >= 4 is 51.7 Å².